The third-order valence-electron chi connectivity index (χ3n) is 4.25. The number of nitrogens with one attached hydrogen (secondary N) is 1. The number of benzene rings is 1. The van der Waals surface area contributed by atoms with E-state index in [9.17, 15) is 4.39 Å². The summed E-state index contributed by atoms with van der Waals surface area (Å²) in [4.78, 5) is 7.34. The molecule has 4 nitrogen and oxygen atoms in total. The molecule has 0 saturated carbocycles. The van der Waals surface area contributed by atoms with Crippen molar-refractivity contribution in [2.24, 2.45) is 0 Å². The Morgan fingerprint density at radius 3 is 2.86 bits per heavy atom. The maximum Gasteiger partial charge on any atom is 0.181 e. The van der Waals surface area contributed by atoms with Crippen LogP contribution in [0, 0.1) is 13.8 Å². The zero-order chi connectivity index (χ0) is 15.5. The van der Waals surface area contributed by atoms with Gasteiger partial charge in [-0.1, -0.05) is 18.2 Å². The van der Waals surface area contributed by atoms with E-state index >= 15 is 0 Å². The van der Waals surface area contributed by atoms with Crippen molar-refractivity contribution in [1.82, 2.24) is 19.7 Å². The summed E-state index contributed by atoms with van der Waals surface area (Å²) in [5, 5.41) is 4.02. The summed E-state index contributed by atoms with van der Waals surface area (Å²) in [6.07, 6.45) is 5.83. The minimum Gasteiger partial charge on any atom is -0.348 e. The van der Waals surface area contributed by atoms with Crippen molar-refractivity contribution in [3.8, 4) is 0 Å². The molecule has 2 aromatic heterocycles. The van der Waals surface area contributed by atoms with Crippen LogP contribution in [0.5, 0.6) is 0 Å². The first kappa shape index (κ1) is 14.5. The van der Waals surface area contributed by atoms with Gasteiger partial charge in [-0.3, -0.25) is 0 Å². The molecular weight excluding hydrogens is 279 g/mol. The number of halogens is 1. The first-order valence-electron chi connectivity index (χ1n) is 7.31. The minimum atomic E-state index is -0.606. The SMILES string of the molecule is Cc1cccc([C@H](Cc2ccnn2CF)c2cnc[nH]2)c1C. The van der Waals surface area contributed by atoms with Gasteiger partial charge in [-0.05, 0) is 36.6 Å². The lowest BCUT2D eigenvalue weighted by Gasteiger charge is -2.19. The average Bonchev–Trinajstić information content (AvgIpc) is 3.18. The Morgan fingerprint density at radius 2 is 2.14 bits per heavy atom. The molecule has 0 radical (unpaired) electrons. The Hall–Kier alpha value is -2.43. The van der Waals surface area contributed by atoms with E-state index in [0.717, 1.165) is 11.4 Å². The van der Waals surface area contributed by atoms with Crippen molar-refractivity contribution in [3.05, 3.63) is 71.1 Å². The van der Waals surface area contributed by atoms with Crippen LogP contribution in [0.1, 0.15) is 34.0 Å². The van der Waals surface area contributed by atoms with Gasteiger partial charge in [-0.25, -0.2) is 14.1 Å². The van der Waals surface area contributed by atoms with Crippen LogP contribution >= 0.6 is 0 Å². The molecule has 0 spiro atoms. The molecule has 2 heterocycles. The first-order valence-corrected chi connectivity index (χ1v) is 7.31. The number of H-pyrrole nitrogens is 1. The molecule has 3 aromatic rings. The predicted octanol–water partition coefficient (Wildman–Crippen LogP) is 3.52. The van der Waals surface area contributed by atoms with Crippen molar-refractivity contribution in [3.63, 3.8) is 0 Å². The van der Waals surface area contributed by atoms with E-state index in [2.05, 4.69) is 47.1 Å². The zero-order valence-electron chi connectivity index (χ0n) is 12.8. The fourth-order valence-corrected chi connectivity index (χ4v) is 2.85. The summed E-state index contributed by atoms with van der Waals surface area (Å²) in [5.74, 6) is 0.101. The quantitative estimate of drug-likeness (QED) is 0.783. The molecular formula is C17H19FN4. The molecule has 0 saturated heterocycles. The van der Waals surface area contributed by atoms with Crippen molar-refractivity contribution < 1.29 is 4.39 Å². The topological polar surface area (TPSA) is 46.5 Å². The van der Waals surface area contributed by atoms with E-state index in [-0.39, 0.29) is 5.92 Å². The zero-order valence-corrected chi connectivity index (χ0v) is 12.8. The van der Waals surface area contributed by atoms with Crippen LogP contribution in [0.2, 0.25) is 0 Å². The van der Waals surface area contributed by atoms with E-state index in [1.165, 1.54) is 21.4 Å². The number of hydrogen-bond donors (Lipinski definition) is 1. The molecule has 0 aliphatic heterocycles. The lowest BCUT2D eigenvalue weighted by atomic mass is 9.87. The van der Waals surface area contributed by atoms with Crippen LogP contribution in [0.15, 0.2) is 43.0 Å². The number of aromatic nitrogens is 4. The molecule has 3 rings (SSSR count). The normalized spacial score (nSPS) is 12.5. The van der Waals surface area contributed by atoms with Crippen LogP contribution in [0.4, 0.5) is 4.39 Å². The van der Waals surface area contributed by atoms with E-state index in [1.807, 2.05) is 12.3 Å². The highest BCUT2D eigenvalue weighted by Gasteiger charge is 2.20. The summed E-state index contributed by atoms with van der Waals surface area (Å²) < 4.78 is 14.4. The van der Waals surface area contributed by atoms with E-state index < -0.39 is 6.80 Å². The van der Waals surface area contributed by atoms with E-state index in [4.69, 9.17) is 0 Å². The second-order valence-electron chi connectivity index (χ2n) is 5.49. The van der Waals surface area contributed by atoms with Gasteiger partial charge in [0.15, 0.2) is 6.80 Å². The van der Waals surface area contributed by atoms with Crippen molar-refractivity contribution >= 4 is 0 Å². The monoisotopic (exact) mass is 298 g/mol. The Labute approximate surface area is 129 Å². The summed E-state index contributed by atoms with van der Waals surface area (Å²) in [6.45, 7) is 3.62. The number of alkyl halides is 1. The summed E-state index contributed by atoms with van der Waals surface area (Å²) >= 11 is 0. The first-order chi connectivity index (χ1) is 10.7. The predicted molar refractivity (Wildman–Crippen MR) is 83.4 cm³/mol. The molecule has 1 atom stereocenters. The lowest BCUT2D eigenvalue weighted by Crippen LogP contribution is -2.11. The highest BCUT2D eigenvalue weighted by molar-refractivity contribution is 5.40. The van der Waals surface area contributed by atoms with Crippen LogP contribution in [-0.4, -0.2) is 19.7 Å². The second kappa shape index (κ2) is 6.13. The van der Waals surface area contributed by atoms with Gasteiger partial charge in [-0.15, -0.1) is 0 Å². The molecule has 0 bridgehead atoms. The Morgan fingerprint density at radius 1 is 1.27 bits per heavy atom. The summed E-state index contributed by atoms with van der Waals surface area (Å²) in [5.41, 5.74) is 5.65. The molecule has 0 fully saturated rings. The highest BCUT2D eigenvalue weighted by Crippen LogP contribution is 2.30. The smallest absolute Gasteiger partial charge is 0.181 e. The number of imidazole rings is 1. The number of rotatable bonds is 5. The van der Waals surface area contributed by atoms with Crippen LogP contribution in [0.3, 0.4) is 0 Å². The molecule has 0 unspecified atom stereocenters. The van der Waals surface area contributed by atoms with Crippen LogP contribution in [-0.2, 0) is 13.2 Å². The van der Waals surface area contributed by atoms with Gasteiger partial charge >= 0.3 is 0 Å². The third kappa shape index (κ3) is 2.66. The molecule has 22 heavy (non-hydrogen) atoms. The molecule has 0 aliphatic carbocycles. The van der Waals surface area contributed by atoms with E-state index in [0.29, 0.717) is 6.42 Å². The minimum absolute atomic E-state index is 0.101. The third-order valence-corrected chi connectivity index (χ3v) is 4.25. The van der Waals surface area contributed by atoms with Gasteiger partial charge in [0.1, 0.15) is 0 Å². The van der Waals surface area contributed by atoms with E-state index in [1.54, 1.807) is 12.5 Å². The fraction of sp³-hybridized carbons (Fsp3) is 0.294. The number of nitrogens with zero attached hydrogens (tertiary/aromatic N) is 3. The standard InChI is InChI=1S/C17H19FN4/c1-12-4-3-5-15(13(12)2)16(17-9-19-11-20-17)8-14-6-7-21-22(14)10-18/h3-7,9,11,16H,8,10H2,1-2H3,(H,19,20)/t16-/m0/s1. The summed E-state index contributed by atoms with van der Waals surface area (Å²) in [6, 6.07) is 8.17. The second-order valence-corrected chi connectivity index (χ2v) is 5.49. The molecule has 0 amide bonds. The fourth-order valence-electron chi connectivity index (χ4n) is 2.85. The van der Waals surface area contributed by atoms with Crippen LogP contribution < -0.4 is 0 Å². The molecule has 5 heteroatoms. The van der Waals surface area contributed by atoms with Gasteiger partial charge in [0.05, 0.1) is 6.33 Å². The van der Waals surface area contributed by atoms with Gasteiger partial charge in [0, 0.05) is 36.1 Å². The van der Waals surface area contributed by atoms with Crippen molar-refractivity contribution in [2.75, 3.05) is 0 Å². The Kier molecular flexibility index (Phi) is 4.04. The molecule has 114 valence electrons. The average molecular weight is 298 g/mol. The van der Waals surface area contributed by atoms with Crippen molar-refractivity contribution in [1.29, 1.82) is 0 Å². The number of aryl methyl sites for hydroxylation is 1. The Balaban J connectivity index is 2.03. The van der Waals surface area contributed by atoms with Crippen LogP contribution in [0.25, 0.3) is 0 Å². The van der Waals surface area contributed by atoms with Gasteiger partial charge in [-0.2, -0.15) is 5.10 Å². The summed E-state index contributed by atoms with van der Waals surface area (Å²) in [7, 11) is 0. The lowest BCUT2D eigenvalue weighted by molar-refractivity contribution is 0.340. The van der Waals surface area contributed by atoms with Crippen molar-refractivity contribution in [2.45, 2.75) is 33.0 Å². The van der Waals surface area contributed by atoms with Gasteiger partial charge in [0.2, 0.25) is 0 Å². The maximum absolute atomic E-state index is 13.0. The van der Waals surface area contributed by atoms with Gasteiger partial charge < -0.3 is 4.98 Å². The van der Waals surface area contributed by atoms with Gasteiger partial charge in [0.25, 0.3) is 0 Å². The number of hydrogen-bond acceptors (Lipinski definition) is 2. The molecule has 0 aliphatic rings. The molecule has 1 aromatic carbocycles. The molecule has 1 N–H and O–H groups in total. The Bertz CT molecular complexity index is 746. The highest BCUT2D eigenvalue weighted by atomic mass is 19.1. The largest absolute Gasteiger partial charge is 0.348 e. The maximum atomic E-state index is 13.0. The number of aromatic amines is 1.